The van der Waals surface area contributed by atoms with E-state index in [1.54, 1.807) is 0 Å². The summed E-state index contributed by atoms with van der Waals surface area (Å²) in [5.41, 5.74) is 8.88. The molecule has 1 aliphatic heterocycles. The summed E-state index contributed by atoms with van der Waals surface area (Å²) in [5.74, 6) is 1.13. The van der Waals surface area contributed by atoms with E-state index in [0.29, 0.717) is 6.42 Å². The summed E-state index contributed by atoms with van der Waals surface area (Å²) < 4.78 is 0. The van der Waals surface area contributed by atoms with Gasteiger partial charge in [0.1, 0.15) is 0 Å². The molecular weight excluding hydrogens is 212 g/mol. The molecule has 1 heterocycles. The first-order chi connectivity index (χ1) is 8.24. The maximum absolute atomic E-state index is 12.0. The standard InChI is InChI=1S/C14H18N2O/c15-12-4-5-13-11(9-12)3-6-14(17)16(13)8-7-10-1-2-10/h4-5,9-10H,1-3,6-8,15H2. The van der Waals surface area contributed by atoms with Crippen molar-refractivity contribution in [2.75, 3.05) is 17.2 Å². The number of nitrogens with two attached hydrogens (primary N) is 1. The number of hydrogen-bond donors (Lipinski definition) is 1. The molecule has 17 heavy (non-hydrogen) atoms. The van der Waals surface area contributed by atoms with Crippen LogP contribution in [0.15, 0.2) is 18.2 Å². The molecule has 0 spiro atoms. The van der Waals surface area contributed by atoms with Gasteiger partial charge in [0.2, 0.25) is 5.91 Å². The Balaban J connectivity index is 1.83. The zero-order valence-corrected chi connectivity index (χ0v) is 9.98. The van der Waals surface area contributed by atoms with Crippen LogP contribution < -0.4 is 10.6 Å². The molecule has 0 bridgehead atoms. The van der Waals surface area contributed by atoms with E-state index in [1.165, 1.54) is 18.4 Å². The van der Waals surface area contributed by atoms with Crippen LogP contribution in [0, 0.1) is 5.92 Å². The first-order valence-corrected chi connectivity index (χ1v) is 6.43. The van der Waals surface area contributed by atoms with Crippen LogP contribution in [-0.4, -0.2) is 12.5 Å². The Hall–Kier alpha value is -1.51. The Morgan fingerprint density at radius 3 is 2.88 bits per heavy atom. The lowest BCUT2D eigenvalue weighted by atomic mass is 10.00. The van der Waals surface area contributed by atoms with E-state index in [0.717, 1.165) is 36.7 Å². The molecule has 3 heteroatoms. The van der Waals surface area contributed by atoms with E-state index in [-0.39, 0.29) is 5.91 Å². The number of hydrogen-bond acceptors (Lipinski definition) is 2. The SMILES string of the molecule is Nc1ccc2c(c1)CCC(=O)N2CCC1CC1. The van der Waals surface area contributed by atoms with Gasteiger partial charge in [0.25, 0.3) is 0 Å². The van der Waals surface area contributed by atoms with Crippen molar-refractivity contribution in [3.8, 4) is 0 Å². The number of carbonyl (C=O) groups is 1. The smallest absolute Gasteiger partial charge is 0.227 e. The van der Waals surface area contributed by atoms with Crippen molar-refractivity contribution in [2.24, 2.45) is 5.92 Å². The molecule has 90 valence electrons. The van der Waals surface area contributed by atoms with Crippen molar-refractivity contribution in [3.05, 3.63) is 23.8 Å². The molecule has 1 aliphatic carbocycles. The Kier molecular flexibility index (Phi) is 2.54. The monoisotopic (exact) mass is 230 g/mol. The van der Waals surface area contributed by atoms with Gasteiger partial charge in [-0.2, -0.15) is 0 Å². The third-order valence-corrected chi connectivity index (χ3v) is 3.76. The summed E-state index contributed by atoms with van der Waals surface area (Å²) in [6.07, 6.45) is 5.29. The predicted molar refractivity (Wildman–Crippen MR) is 68.9 cm³/mol. The van der Waals surface area contributed by atoms with Gasteiger partial charge in [0, 0.05) is 24.3 Å². The second kappa shape index (κ2) is 4.06. The van der Waals surface area contributed by atoms with Crippen LogP contribution in [-0.2, 0) is 11.2 Å². The highest BCUT2D eigenvalue weighted by molar-refractivity contribution is 5.96. The molecule has 2 N–H and O–H groups in total. The van der Waals surface area contributed by atoms with Crippen molar-refractivity contribution in [1.29, 1.82) is 0 Å². The second-order valence-corrected chi connectivity index (χ2v) is 5.17. The molecule has 1 aromatic rings. The normalized spacial score (nSPS) is 19.3. The van der Waals surface area contributed by atoms with E-state index < -0.39 is 0 Å². The fourth-order valence-electron chi connectivity index (χ4n) is 2.54. The molecule has 0 radical (unpaired) electrons. The minimum atomic E-state index is 0.267. The van der Waals surface area contributed by atoms with Crippen LogP contribution in [0.4, 0.5) is 11.4 Å². The number of anilines is 2. The van der Waals surface area contributed by atoms with Crippen molar-refractivity contribution >= 4 is 17.3 Å². The van der Waals surface area contributed by atoms with Crippen molar-refractivity contribution in [3.63, 3.8) is 0 Å². The van der Waals surface area contributed by atoms with Crippen LogP contribution in [0.25, 0.3) is 0 Å². The molecule has 0 atom stereocenters. The molecule has 3 rings (SSSR count). The lowest BCUT2D eigenvalue weighted by Gasteiger charge is -2.29. The molecule has 1 saturated carbocycles. The zero-order chi connectivity index (χ0) is 11.8. The lowest BCUT2D eigenvalue weighted by Crippen LogP contribution is -2.36. The van der Waals surface area contributed by atoms with Gasteiger partial charge in [-0.1, -0.05) is 12.8 Å². The van der Waals surface area contributed by atoms with Crippen molar-refractivity contribution in [2.45, 2.75) is 32.1 Å². The van der Waals surface area contributed by atoms with Gasteiger partial charge >= 0.3 is 0 Å². The fourth-order valence-corrected chi connectivity index (χ4v) is 2.54. The fraction of sp³-hybridized carbons (Fsp3) is 0.500. The van der Waals surface area contributed by atoms with E-state index in [9.17, 15) is 4.79 Å². The average molecular weight is 230 g/mol. The molecular formula is C14H18N2O. The first kappa shape index (κ1) is 10.6. The summed E-state index contributed by atoms with van der Waals surface area (Å²) in [6, 6.07) is 5.89. The van der Waals surface area contributed by atoms with E-state index in [2.05, 4.69) is 0 Å². The van der Waals surface area contributed by atoms with Gasteiger partial charge < -0.3 is 10.6 Å². The van der Waals surface area contributed by atoms with Crippen molar-refractivity contribution < 1.29 is 4.79 Å². The third-order valence-electron chi connectivity index (χ3n) is 3.76. The Morgan fingerprint density at radius 2 is 2.12 bits per heavy atom. The number of rotatable bonds is 3. The van der Waals surface area contributed by atoms with Gasteiger partial charge in [-0.05, 0) is 42.5 Å². The molecule has 1 fully saturated rings. The molecule has 3 nitrogen and oxygen atoms in total. The van der Waals surface area contributed by atoms with E-state index in [1.807, 2.05) is 23.1 Å². The molecule has 0 aromatic heterocycles. The second-order valence-electron chi connectivity index (χ2n) is 5.17. The van der Waals surface area contributed by atoms with Gasteiger partial charge in [0.05, 0.1) is 0 Å². The number of aryl methyl sites for hydroxylation is 1. The third kappa shape index (κ3) is 2.14. The minimum absolute atomic E-state index is 0.267. The van der Waals surface area contributed by atoms with Crippen LogP contribution >= 0.6 is 0 Å². The van der Waals surface area contributed by atoms with Crippen molar-refractivity contribution in [1.82, 2.24) is 0 Å². The number of nitrogen functional groups attached to an aromatic ring is 1. The van der Waals surface area contributed by atoms with Gasteiger partial charge in [-0.15, -0.1) is 0 Å². The summed E-state index contributed by atoms with van der Waals surface area (Å²) in [7, 11) is 0. The maximum Gasteiger partial charge on any atom is 0.227 e. The topological polar surface area (TPSA) is 46.3 Å². The first-order valence-electron chi connectivity index (χ1n) is 6.43. The molecule has 2 aliphatic rings. The van der Waals surface area contributed by atoms with Gasteiger partial charge in [0.15, 0.2) is 0 Å². The highest BCUT2D eigenvalue weighted by Gasteiger charge is 2.27. The highest BCUT2D eigenvalue weighted by Crippen LogP contribution is 2.35. The van der Waals surface area contributed by atoms with E-state index >= 15 is 0 Å². The zero-order valence-electron chi connectivity index (χ0n) is 9.98. The summed E-state index contributed by atoms with van der Waals surface area (Å²) in [6.45, 7) is 0.875. The number of benzene rings is 1. The Morgan fingerprint density at radius 1 is 1.29 bits per heavy atom. The number of nitrogens with zero attached hydrogens (tertiary/aromatic N) is 1. The van der Waals surface area contributed by atoms with Gasteiger partial charge in [-0.3, -0.25) is 4.79 Å². The number of carbonyl (C=O) groups excluding carboxylic acids is 1. The molecule has 0 saturated heterocycles. The quantitative estimate of drug-likeness (QED) is 0.810. The van der Waals surface area contributed by atoms with Crippen LogP contribution in [0.5, 0.6) is 0 Å². The van der Waals surface area contributed by atoms with Crippen LogP contribution in [0.3, 0.4) is 0 Å². The van der Waals surface area contributed by atoms with E-state index in [4.69, 9.17) is 5.73 Å². The molecule has 1 aromatic carbocycles. The Bertz CT molecular complexity index is 452. The average Bonchev–Trinajstić information content (AvgIpc) is 3.12. The summed E-state index contributed by atoms with van der Waals surface area (Å²) in [5, 5.41) is 0. The minimum Gasteiger partial charge on any atom is -0.399 e. The van der Waals surface area contributed by atoms with Crippen LogP contribution in [0.1, 0.15) is 31.2 Å². The number of fused-ring (bicyclic) bond motifs is 1. The highest BCUT2D eigenvalue weighted by atomic mass is 16.2. The largest absolute Gasteiger partial charge is 0.399 e. The summed E-state index contributed by atoms with van der Waals surface area (Å²) >= 11 is 0. The maximum atomic E-state index is 12.0. The summed E-state index contributed by atoms with van der Waals surface area (Å²) in [4.78, 5) is 13.9. The predicted octanol–water partition coefficient (Wildman–Crippen LogP) is 2.35. The number of amides is 1. The van der Waals surface area contributed by atoms with Gasteiger partial charge in [-0.25, -0.2) is 0 Å². The van der Waals surface area contributed by atoms with Crippen LogP contribution in [0.2, 0.25) is 0 Å². The Labute approximate surface area is 102 Å². The molecule has 0 unspecified atom stereocenters. The molecule has 1 amide bonds. The lowest BCUT2D eigenvalue weighted by molar-refractivity contribution is -0.118.